The van der Waals surface area contributed by atoms with Crippen LogP contribution in [0.5, 0.6) is 0 Å². The molecule has 142 valence electrons. The Morgan fingerprint density at radius 1 is 0.963 bits per heavy atom. The van der Waals surface area contributed by atoms with E-state index in [0.29, 0.717) is 12.5 Å². The Morgan fingerprint density at radius 2 is 1.67 bits per heavy atom. The van der Waals surface area contributed by atoms with Crippen LogP contribution in [0, 0.1) is 0 Å². The van der Waals surface area contributed by atoms with Crippen LogP contribution in [0.2, 0.25) is 0 Å². The van der Waals surface area contributed by atoms with E-state index in [4.69, 9.17) is 10.2 Å². The molecule has 0 atom stereocenters. The highest BCUT2D eigenvalue weighted by molar-refractivity contribution is 14.0. The Hall–Kier alpha value is -2.32. The van der Waals surface area contributed by atoms with Gasteiger partial charge >= 0.3 is 0 Å². The number of aliphatic imine (C=N–C) groups is 1. The van der Waals surface area contributed by atoms with E-state index in [1.54, 1.807) is 6.26 Å². The van der Waals surface area contributed by atoms with Gasteiger partial charge in [-0.05, 0) is 42.4 Å². The van der Waals surface area contributed by atoms with Gasteiger partial charge in [0.2, 0.25) is 0 Å². The maximum atomic E-state index is 6.01. The van der Waals surface area contributed by atoms with Gasteiger partial charge in [-0.1, -0.05) is 42.5 Å². The number of para-hydroxylation sites is 1. The van der Waals surface area contributed by atoms with Crippen molar-refractivity contribution in [3.63, 3.8) is 0 Å². The predicted molar refractivity (Wildman–Crippen MR) is 121 cm³/mol. The maximum absolute atomic E-state index is 6.01. The molecule has 0 aliphatic heterocycles. The maximum Gasteiger partial charge on any atom is 0.193 e. The normalized spacial score (nSPS) is 11.3. The van der Waals surface area contributed by atoms with Crippen molar-refractivity contribution in [3.8, 4) is 0 Å². The summed E-state index contributed by atoms with van der Waals surface area (Å²) in [4.78, 5) is 6.69. The van der Waals surface area contributed by atoms with Gasteiger partial charge in [0.15, 0.2) is 5.96 Å². The summed E-state index contributed by atoms with van der Waals surface area (Å²) in [5.74, 6) is 1.37. The Kier molecular flexibility index (Phi) is 8.35. The molecule has 3 rings (SSSR count). The standard InChI is InChI=1S/C21H24N4O.HI/c1-25(16-20-12-7-13-26-20)15-18-9-6-5-8-17(18)14-23-21(22)24-19-10-3-2-4-11-19;/h2-13H,14-16H2,1H3,(H3,22,23,24);1H. The predicted octanol–water partition coefficient (Wildman–Crippen LogP) is 4.46. The first-order valence-corrected chi connectivity index (χ1v) is 8.60. The SMILES string of the molecule is CN(Cc1ccco1)Cc1ccccc1CN=C(N)Nc1ccccc1.I. The lowest BCUT2D eigenvalue weighted by atomic mass is 10.1. The molecule has 0 aliphatic rings. The van der Waals surface area contributed by atoms with Crippen LogP contribution >= 0.6 is 24.0 Å². The van der Waals surface area contributed by atoms with Gasteiger partial charge in [-0.25, -0.2) is 4.99 Å². The topological polar surface area (TPSA) is 66.8 Å². The van der Waals surface area contributed by atoms with Crippen LogP contribution in [0.4, 0.5) is 5.69 Å². The quantitative estimate of drug-likeness (QED) is 0.300. The van der Waals surface area contributed by atoms with Crippen LogP contribution < -0.4 is 11.1 Å². The number of benzene rings is 2. The minimum Gasteiger partial charge on any atom is -0.468 e. The zero-order valence-corrected chi connectivity index (χ0v) is 17.7. The number of hydrogen-bond acceptors (Lipinski definition) is 3. The van der Waals surface area contributed by atoms with Gasteiger partial charge in [0.05, 0.1) is 19.4 Å². The second-order valence-corrected chi connectivity index (χ2v) is 6.21. The second kappa shape index (κ2) is 10.7. The lowest BCUT2D eigenvalue weighted by Crippen LogP contribution is -2.22. The van der Waals surface area contributed by atoms with Crippen LogP contribution in [0.25, 0.3) is 0 Å². The highest BCUT2D eigenvalue weighted by Gasteiger charge is 2.07. The number of guanidine groups is 1. The van der Waals surface area contributed by atoms with Crippen molar-refractivity contribution >= 4 is 35.6 Å². The fraction of sp³-hybridized carbons (Fsp3) is 0.190. The summed E-state index contributed by atoms with van der Waals surface area (Å²) in [6, 6.07) is 22.0. The molecule has 0 saturated heterocycles. The minimum absolute atomic E-state index is 0. The van der Waals surface area contributed by atoms with Gasteiger partial charge in [-0.2, -0.15) is 0 Å². The van der Waals surface area contributed by atoms with E-state index < -0.39 is 0 Å². The van der Waals surface area contributed by atoms with Crippen molar-refractivity contribution < 1.29 is 4.42 Å². The van der Waals surface area contributed by atoms with Crippen molar-refractivity contribution in [2.24, 2.45) is 10.7 Å². The summed E-state index contributed by atoms with van der Waals surface area (Å²) >= 11 is 0. The van der Waals surface area contributed by atoms with Crippen LogP contribution in [-0.4, -0.2) is 17.9 Å². The third kappa shape index (κ3) is 6.73. The van der Waals surface area contributed by atoms with Gasteiger partial charge in [-0.3, -0.25) is 4.90 Å². The molecular weight excluding hydrogens is 451 g/mol. The molecule has 27 heavy (non-hydrogen) atoms. The molecule has 0 aliphatic carbocycles. The fourth-order valence-electron chi connectivity index (χ4n) is 2.76. The van der Waals surface area contributed by atoms with Gasteiger partial charge in [0, 0.05) is 12.2 Å². The van der Waals surface area contributed by atoms with Crippen molar-refractivity contribution in [2.75, 3.05) is 12.4 Å². The van der Waals surface area contributed by atoms with E-state index in [1.165, 1.54) is 5.56 Å². The summed E-state index contributed by atoms with van der Waals surface area (Å²) in [5.41, 5.74) is 9.34. The minimum atomic E-state index is 0. The van der Waals surface area contributed by atoms with Gasteiger partial charge in [0.25, 0.3) is 0 Å². The van der Waals surface area contributed by atoms with Crippen LogP contribution in [-0.2, 0) is 19.6 Å². The number of rotatable bonds is 7. The largest absolute Gasteiger partial charge is 0.468 e. The van der Waals surface area contributed by atoms with E-state index in [2.05, 4.69) is 40.5 Å². The number of furan rings is 1. The zero-order valence-electron chi connectivity index (χ0n) is 15.3. The monoisotopic (exact) mass is 476 g/mol. The number of hydrogen-bond donors (Lipinski definition) is 2. The molecule has 0 spiro atoms. The smallest absolute Gasteiger partial charge is 0.193 e. The fourth-order valence-corrected chi connectivity index (χ4v) is 2.76. The summed E-state index contributed by atoms with van der Waals surface area (Å²) in [6.07, 6.45) is 1.70. The molecule has 0 saturated carbocycles. The van der Waals surface area contributed by atoms with Crippen LogP contribution in [0.3, 0.4) is 0 Å². The zero-order chi connectivity index (χ0) is 18.2. The number of nitrogens with one attached hydrogen (secondary N) is 1. The lowest BCUT2D eigenvalue weighted by molar-refractivity contribution is 0.287. The molecule has 0 amide bonds. The molecule has 0 radical (unpaired) electrons. The first-order chi connectivity index (χ1) is 12.7. The van der Waals surface area contributed by atoms with Crippen LogP contribution in [0.15, 0.2) is 82.4 Å². The van der Waals surface area contributed by atoms with E-state index in [0.717, 1.165) is 30.1 Å². The molecule has 0 unspecified atom stereocenters. The first-order valence-electron chi connectivity index (χ1n) is 8.60. The second-order valence-electron chi connectivity index (χ2n) is 6.21. The van der Waals surface area contributed by atoms with E-state index >= 15 is 0 Å². The third-order valence-corrected chi connectivity index (χ3v) is 4.03. The number of halogens is 1. The van der Waals surface area contributed by atoms with Crippen molar-refractivity contribution in [2.45, 2.75) is 19.6 Å². The van der Waals surface area contributed by atoms with Gasteiger partial charge < -0.3 is 15.5 Å². The summed E-state index contributed by atoms with van der Waals surface area (Å²) < 4.78 is 5.42. The molecule has 0 fully saturated rings. The van der Waals surface area contributed by atoms with Crippen molar-refractivity contribution in [3.05, 3.63) is 89.9 Å². The average Bonchev–Trinajstić information content (AvgIpc) is 3.14. The summed E-state index contributed by atoms with van der Waals surface area (Å²) in [7, 11) is 2.08. The molecular formula is C21H25IN4O. The number of nitrogens with zero attached hydrogens (tertiary/aromatic N) is 2. The third-order valence-electron chi connectivity index (χ3n) is 4.03. The Labute approximate surface area is 177 Å². The Morgan fingerprint density at radius 3 is 2.37 bits per heavy atom. The van der Waals surface area contributed by atoms with Crippen LogP contribution in [0.1, 0.15) is 16.9 Å². The summed E-state index contributed by atoms with van der Waals surface area (Å²) in [5, 5.41) is 3.11. The molecule has 6 heteroatoms. The highest BCUT2D eigenvalue weighted by atomic mass is 127. The number of anilines is 1. The van der Waals surface area contributed by atoms with Gasteiger partial charge in [0.1, 0.15) is 5.76 Å². The highest BCUT2D eigenvalue weighted by Crippen LogP contribution is 2.14. The number of nitrogens with two attached hydrogens (primary N) is 1. The molecule has 1 heterocycles. The lowest BCUT2D eigenvalue weighted by Gasteiger charge is -2.17. The molecule has 0 bridgehead atoms. The van der Waals surface area contributed by atoms with E-state index in [9.17, 15) is 0 Å². The van der Waals surface area contributed by atoms with E-state index in [1.807, 2.05) is 48.5 Å². The van der Waals surface area contributed by atoms with Crippen molar-refractivity contribution in [1.29, 1.82) is 0 Å². The van der Waals surface area contributed by atoms with E-state index in [-0.39, 0.29) is 24.0 Å². The molecule has 3 aromatic rings. The first kappa shape index (κ1) is 21.0. The molecule has 2 aromatic carbocycles. The Balaban J connectivity index is 0.00000261. The molecule has 1 aromatic heterocycles. The van der Waals surface area contributed by atoms with Gasteiger partial charge in [-0.15, -0.1) is 24.0 Å². The summed E-state index contributed by atoms with van der Waals surface area (Å²) in [6.45, 7) is 2.12. The molecule has 5 nitrogen and oxygen atoms in total. The Bertz CT molecular complexity index is 834. The average molecular weight is 476 g/mol. The van der Waals surface area contributed by atoms with Crippen molar-refractivity contribution in [1.82, 2.24) is 4.90 Å². The molecule has 3 N–H and O–H groups in total.